The molecule has 0 aliphatic heterocycles. The molecule has 23 heavy (non-hydrogen) atoms. The summed E-state index contributed by atoms with van der Waals surface area (Å²) >= 11 is 4.82. The molecule has 3 aromatic rings. The van der Waals surface area contributed by atoms with Gasteiger partial charge in [0.05, 0.1) is 10.7 Å². The molecular weight excluding hydrogens is 362 g/mol. The van der Waals surface area contributed by atoms with Crippen LogP contribution >= 0.6 is 22.9 Å². The molecule has 120 valence electrons. The maximum absolute atomic E-state index is 10.5. The Morgan fingerprint density at radius 1 is 1.35 bits per heavy atom. The molecule has 2 heterocycles. The Labute approximate surface area is 142 Å². The molecule has 3 rings (SSSR count). The van der Waals surface area contributed by atoms with Crippen molar-refractivity contribution in [3.63, 3.8) is 0 Å². The summed E-state index contributed by atoms with van der Waals surface area (Å²) in [6, 6.07) is 8.57. The van der Waals surface area contributed by atoms with Gasteiger partial charge in [-0.05, 0) is 35.7 Å². The van der Waals surface area contributed by atoms with Crippen molar-refractivity contribution in [2.75, 3.05) is 12.1 Å². The standard InChI is InChI=1S/C13H10ClN3O4S2/c1-17(21-23(18)19)9-4-2-8(3-5-9)12-15-13(20-16-12)11-10(14)6-7-22-11/h2-7H,1H3,(H,18,19)/p-1. The van der Waals surface area contributed by atoms with Crippen LogP contribution in [0.25, 0.3) is 22.2 Å². The zero-order valence-corrected chi connectivity index (χ0v) is 14.0. The predicted octanol–water partition coefficient (Wildman–Crippen LogP) is 3.28. The molecule has 0 aliphatic rings. The lowest BCUT2D eigenvalue weighted by Gasteiger charge is -2.18. The molecule has 0 bridgehead atoms. The van der Waals surface area contributed by atoms with Gasteiger partial charge in [-0.2, -0.15) is 9.27 Å². The van der Waals surface area contributed by atoms with E-state index in [1.807, 2.05) is 5.38 Å². The largest absolute Gasteiger partial charge is 0.748 e. The quantitative estimate of drug-likeness (QED) is 0.502. The minimum atomic E-state index is -2.63. The second-order valence-electron chi connectivity index (χ2n) is 4.34. The van der Waals surface area contributed by atoms with Gasteiger partial charge in [-0.1, -0.05) is 16.8 Å². The monoisotopic (exact) mass is 370 g/mol. The fraction of sp³-hybridized carbons (Fsp3) is 0.0769. The Morgan fingerprint density at radius 2 is 2.09 bits per heavy atom. The fourth-order valence-corrected chi connectivity index (χ4v) is 3.16. The maximum Gasteiger partial charge on any atom is 0.269 e. The first-order chi connectivity index (χ1) is 11.0. The zero-order valence-electron chi connectivity index (χ0n) is 11.6. The molecule has 0 aliphatic carbocycles. The third-order valence-corrected chi connectivity index (χ3v) is 4.57. The SMILES string of the molecule is CN(OS(=O)[O-])c1ccc(-c2noc(-c3sccc3Cl)n2)cc1. The number of nitrogens with zero attached hydrogens (tertiary/aromatic N) is 3. The molecule has 10 heteroatoms. The van der Waals surface area contributed by atoms with E-state index in [2.05, 4.69) is 14.4 Å². The Morgan fingerprint density at radius 3 is 2.70 bits per heavy atom. The van der Waals surface area contributed by atoms with Crippen LogP contribution in [0.3, 0.4) is 0 Å². The van der Waals surface area contributed by atoms with Crippen molar-refractivity contribution in [2.45, 2.75) is 0 Å². The molecule has 0 saturated heterocycles. The lowest BCUT2D eigenvalue weighted by molar-refractivity contribution is 0.289. The number of thiophene rings is 1. The number of rotatable bonds is 5. The number of halogens is 1. The molecule has 7 nitrogen and oxygen atoms in total. The molecule has 0 fully saturated rings. The van der Waals surface area contributed by atoms with Crippen LogP contribution in [-0.4, -0.2) is 25.9 Å². The van der Waals surface area contributed by atoms with Crippen LogP contribution in [0, 0.1) is 0 Å². The Balaban J connectivity index is 1.82. The maximum atomic E-state index is 10.5. The topological polar surface area (TPSA) is 91.5 Å². The van der Waals surface area contributed by atoms with E-state index in [1.165, 1.54) is 18.4 Å². The van der Waals surface area contributed by atoms with Crippen LogP contribution in [0.2, 0.25) is 5.02 Å². The molecule has 2 aromatic heterocycles. The Kier molecular flexibility index (Phi) is 4.74. The highest BCUT2D eigenvalue weighted by Gasteiger charge is 2.14. The lowest BCUT2D eigenvalue weighted by atomic mass is 10.2. The molecule has 0 radical (unpaired) electrons. The van der Waals surface area contributed by atoms with Crippen molar-refractivity contribution in [1.29, 1.82) is 0 Å². The fourth-order valence-electron chi connectivity index (χ4n) is 1.83. The highest BCUT2D eigenvalue weighted by atomic mass is 35.5. The van der Waals surface area contributed by atoms with Crippen molar-refractivity contribution in [2.24, 2.45) is 0 Å². The first kappa shape index (κ1) is 16.1. The summed E-state index contributed by atoms with van der Waals surface area (Å²) in [4.78, 5) is 5.03. The van der Waals surface area contributed by atoms with Gasteiger partial charge in [-0.15, -0.1) is 11.3 Å². The Bertz CT molecular complexity index is 834. The molecule has 0 saturated carbocycles. The summed E-state index contributed by atoms with van der Waals surface area (Å²) < 4.78 is 30.8. The van der Waals surface area contributed by atoms with Gasteiger partial charge < -0.3 is 9.08 Å². The number of benzene rings is 1. The zero-order chi connectivity index (χ0) is 16.4. The van der Waals surface area contributed by atoms with E-state index in [9.17, 15) is 8.76 Å². The van der Waals surface area contributed by atoms with Crippen LogP contribution in [-0.2, 0) is 15.6 Å². The minimum absolute atomic E-state index is 0.353. The van der Waals surface area contributed by atoms with E-state index in [0.29, 0.717) is 32.9 Å². The third kappa shape index (κ3) is 3.59. The van der Waals surface area contributed by atoms with Gasteiger partial charge in [0.15, 0.2) is 0 Å². The van der Waals surface area contributed by atoms with Crippen LogP contribution in [0.5, 0.6) is 0 Å². The smallest absolute Gasteiger partial charge is 0.269 e. The highest BCUT2D eigenvalue weighted by Crippen LogP contribution is 2.33. The highest BCUT2D eigenvalue weighted by molar-refractivity contribution is 7.74. The van der Waals surface area contributed by atoms with E-state index < -0.39 is 11.4 Å². The van der Waals surface area contributed by atoms with Crippen molar-refractivity contribution in [1.82, 2.24) is 10.1 Å². The van der Waals surface area contributed by atoms with Crippen LogP contribution < -0.4 is 5.06 Å². The number of hydrogen-bond donors (Lipinski definition) is 0. The van der Waals surface area contributed by atoms with Crippen molar-refractivity contribution in [3.8, 4) is 22.2 Å². The van der Waals surface area contributed by atoms with Crippen LogP contribution in [0.4, 0.5) is 5.69 Å². The van der Waals surface area contributed by atoms with E-state index >= 15 is 0 Å². The van der Waals surface area contributed by atoms with Gasteiger partial charge in [0.2, 0.25) is 5.82 Å². The van der Waals surface area contributed by atoms with E-state index in [-0.39, 0.29) is 0 Å². The van der Waals surface area contributed by atoms with Gasteiger partial charge in [-0.3, -0.25) is 0 Å². The summed E-state index contributed by atoms with van der Waals surface area (Å²) in [6.45, 7) is 0. The summed E-state index contributed by atoms with van der Waals surface area (Å²) in [5.74, 6) is 0.762. The molecule has 1 aromatic carbocycles. The average Bonchev–Trinajstić information content (AvgIpc) is 3.15. The first-order valence-corrected chi connectivity index (χ1v) is 8.49. The molecule has 0 N–H and O–H groups in total. The first-order valence-electron chi connectivity index (χ1n) is 6.23. The normalized spacial score (nSPS) is 12.3. The van der Waals surface area contributed by atoms with E-state index in [1.54, 1.807) is 30.3 Å². The van der Waals surface area contributed by atoms with Gasteiger partial charge >= 0.3 is 0 Å². The van der Waals surface area contributed by atoms with E-state index in [4.69, 9.17) is 16.1 Å². The summed E-state index contributed by atoms with van der Waals surface area (Å²) in [7, 11) is 1.48. The summed E-state index contributed by atoms with van der Waals surface area (Å²) in [5.41, 5.74) is 1.27. The summed E-state index contributed by atoms with van der Waals surface area (Å²) in [6.07, 6.45) is 0. The van der Waals surface area contributed by atoms with Crippen molar-refractivity contribution < 1.29 is 17.6 Å². The molecule has 0 spiro atoms. The minimum Gasteiger partial charge on any atom is -0.748 e. The van der Waals surface area contributed by atoms with Crippen molar-refractivity contribution in [3.05, 3.63) is 40.7 Å². The third-order valence-electron chi connectivity index (χ3n) is 2.90. The van der Waals surface area contributed by atoms with Gasteiger partial charge in [0.25, 0.3) is 5.89 Å². The van der Waals surface area contributed by atoms with Gasteiger partial charge in [0, 0.05) is 12.6 Å². The lowest BCUT2D eigenvalue weighted by Crippen LogP contribution is -2.18. The van der Waals surface area contributed by atoms with E-state index in [0.717, 1.165) is 5.06 Å². The average molecular weight is 371 g/mol. The number of hydrogen-bond acceptors (Lipinski definition) is 8. The molecule has 0 amide bonds. The molecule has 1 unspecified atom stereocenters. The number of anilines is 1. The predicted molar refractivity (Wildman–Crippen MR) is 86.5 cm³/mol. The van der Waals surface area contributed by atoms with Crippen LogP contribution in [0.1, 0.15) is 0 Å². The molecular formula is C13H9ClN3O4S2-. The summed E-state index contributed by atoms with van der Waals surface area (Å²) in [5, 5.41) is 7.45. The number of hydroxylamine groups is 1. The Hall–Kier alpha value is -1.78. The second-order valence-corrected chi connectivity index (χ2v) is 6.22. The second kappa shape index (κ2) is 6.77. The van der Waals surface area contributed by atoms with Gasteiger partial charge in [-0.25, -0.2) is 9.27 Å². The molecule has 1 atom stereocenters. The van der Waals surface area contributed by atoms with Gasteiger partial charge in [0.1, 0.15) is 16.2 Å². The number of aromatic nitrogens is 2. The van der Waals surface area contributed by atoms with Crippen molar-refractivity contribution >= 4 is 40.0 Å². The van der Waals surface area contributed by atoms with Crippen LogP contribution in [0.15, 0.2) is 40.2 Å².